The number of carbonyl (C=O) groups excluding carboxylic acids is 2. The van der Waals surface area contributed by atoms with Gasteiger partial charge in [-0.15, -0.1) is 11.3 Å². The Hall–Kier alpha value is -2.09. The highest BCUT2D eigenvalue weighted by atomic mass is 32.1. The molecule has 2 aromatic rings. The Kier molecular flexibility index (Phi) is 6.92. The standard InChI is InChI=1S/C23H30N4O2S/c24-10-4-3-7-20(22(29)23-25-11-12-30-23)26-21(28)15-27(18-8-9-18)19-13-16-5-1-2-6-17(16)14-19/h1-2,5-6,11-12,18-20H,3-4,7-10,13-15,24H2,(H,26,28)/t20-/m0/s1. The zero-order valence-electron chi connectivity index (χ0n) is 17.3. The molecule has 0 saturated heterocycles. The van der Waals surface area contributed by atoms with Crippen molar-refractivity contribution in [3.8, 4) is 0 Å². The molecular formula is C23H30N4O2S. The van der Waals surface area contributed by atoms with Crippen molar-refractivity contribution in [2.24, 2.45) is 5.73 Å². The molecule has 0 unspecified atom stereocenters. The van der Waals surface area contributed by atoms with E-state index in [0.717, 1.165) is 38.5 Å². The molecule has 1 saturated carbocycles. The van der Waals surface area contributed by atoms with Crippen LogP contribution in [-0.2, 0) is 17.6 Å². The quantitative estimate of drug-likeness (QED) is 0.426. The number of nitrogens with two attached hydrogens (primary N) is 1. The van der Waals surface area contributed by atoms with Crippen LogP contribution < -0.4 is 11.1 Å². The van der Waals surface area contributed by atoms with Crippen molar-refractivity contribution in [3.05, 3.63) is 52.0 Å². The third-order valence-corrected chi connectivity index (χ3v) is 6.87. The number of amides is 1. The molecule has 0 spiro atoms. The summed E-state index contributed by atoms with van der Waals surface area (Å²) in [7, 11) is 0. The second-order valence-corrected chi connectivity index (χ2v) is 9.23. The van der Waals surface area contributed by atoms with E-state index >= 15 is 0 Å². The van der Waals surface area contributed by atoms with E-state index in [1.54, 1.807) is 11.6 Å². The molecule has 1 atom stereocenters. The monoisotopic (exact) mass is 426 g/mol. The van der Waals surface area contributed by atoms with E-state index in [9.17, 15) is 9.59 Å². The van der Waals surface area contributed by atoms with Gasteiger partial charge in [-0.3, -0.25) is 14.5 Å². The molecule has 1 heterocycles. The van der Waals surface area contributed by atoms with E-state index < -0.39 is 6.04 Å². The van der Waals surface area contributed by atoms with Crippen molar-refractivity contribution >= 4 is 23.0 Å². The Balaban J connectivity index is 1.39. The van der Waals surface area contributed by atoms with Gasteiger partial charge in [-0.1, -0.05) is 24.3 Å². The maximum absolute atomic E-state index is 13.0. The SMILES string of the molecule is NCCCC[C@H](NC(=O)CN(C1CC1)C1Cc2ccccc2C1)C(=O)c1nccs1. The highest BCUT2D eigenvalue weighted by Gasteiger charge is 2.38. The number of hydrogen-bond donors (Lipinski definition) is 2. The number of Topliss-reactive ketones (excluding diaryl/α,β-unsaturated/α-hetero) is 1. The van der Waals surface area contributed by atoms with E-state index in [1.807, 2.05) is 0 Å². The van der Waals surface area contributed by atoms with Gasteiger partial charge in [0.1, 0.15) is 0 Å². The van der Waals surface area contributed by atoms with Gasteiger partial charge in [-0.05, 0) is 62.6 Å². The first-order valence-corrected chi connectivity index (χ1v) is 11.8. The lowest BCUT2D eigenvalue weighted by Crippen LogP contribution is -2.49. The largest absolute Gasteiger partial charge is 0.345 e. The van der Waals surface area contributed by atoms with Crippen LogP contribution in [0.4, 0.5) is 0 Å². The number of ketones is 1. The van der Waals surface area contributed by atoms with Gasteiger partial charge in [0.2, 0.25) is 11.7 Å². The van der Waals surface area contributed by atoms with Gasteiger partial charge < -0.3 is 11.1 Å². The molecule has 1 fully saturated rings. The second-order valence-electron chi connectivity index (χ2n) is 8.34. The van der Waals surface area contributed by atoms with Gasteiger partial charge in [-0.2, -0.15) is 0 Å². The number of thiazole rings is 1. The Morgan fingerprint density at radius 1 is 1.17 bits per heavy atom. The van der Waals surface area contributed by atoms with Gasteiger partial charge in [0.15, 0.2) is 5.01 Å². The summed E-state index contributed by atoms with van der Waals surface area (Å²) in [5.41, 5.74) is 8.40. The van der Waals surface area contributed by atoms with E-state index in [2.05, 4.69) is 39.5 Å². The summed E-state index contributed by atoms with van der Waals surface area (Å²) in [5.74, 6) is -0.165. The van der Waals surface area contributed by atoms with E-state index in [1.165, 1.54) is 22.5 Å². The number of aromatic nitrogens is 1. The minimum absolute atomic E-state index is 0.0690. The first-order valence-electron chi connectivity index (χ1n) is 10.9. The molecule has 1 aromatic heterocycles. The molecule has 0 radical (unpaired) electrons. The summed E-state index contributed by atoms with van der Waals surface area (Å²) in [4.78, 5) is 32.3. The molecule has 1 amide bonds. The van der Waals surface area contributed by atoms with Crippen LogP contribution in [0.25, 0.3) is 0 Å². The zero-order valence-corrected chi connectivity index (χ0v) is 18.1. The summed E-state index contributed by atoms with van der Waals surface area (Å²) in [6, 6.07) is 8.89. The van der Waals surface area contributed by atoms with E-state index in [0.29, 0.717) is 36.6 Å². The fourth-order valence-corrected chi connectivity index (χ4v) is 5.02. The molecule has 4 rings (SSSR count). The predicted molar refractivity (Wildman–Crippen MR) is 119 cm³/mol. The summed E-state index contributed by atoms with van der Waals surface area (Å²) in [6.07, 6.45) is 8.17. The first kappa shape index (κ1) is 21.2. The number of nitrogens with zero attached hydrogens (tertiary/aromatic N) is 2. The lowest BCUT2D eigenvalue weighted by Gasteiger charge is -2.29. The average molecular weight is 427 g/mol. The summed E-state index contributed by atoms with van der Waals surface area (Å²) in [5, 5.41) is 5.26. The summed E-state index contributed by atoms with van der Waals surface area (Å²) >= 11 is 1.32. The van der Waals surface area contributed by atoms with Crippen molar-refractivity contribution in [1.82, 2.24) is 15.2 Å². The zero-order chi connectivity index (χ0) is 20.9. The molecule has 160 valence electrons. The molecular weight excluding hydrogens is 396 g/mol. The fraction of sp³-hybridized carbons (Fsp3) is 0.522. The van der Waals surface area contributed by atoms with Gasteiger partial charge in [0.25, 0.3) is 0 Å². The molecule has 30 heavy (non-hydrogen) atoms. The number of hydrogen-bond acceptors (Lipinski definition) is 6. The van der Waals surface area contributed by atoms with Crippen LogP contribution in [0.15, 0.2) is 35.8 Å². The van der Waals surface area contributed by atoms with Gasteiger partial charge >= 0.3 is 0 Å². The lowest BCUT2D eigenvalue weighted by atomic mass is 10.1. The molecule has 2 aliphatic carbocycles. The molecule has 1 aromatic carbocycles. The number of carbonyl (C=O) groups is 2. The molecule has 3 N–H and O–H groups in total. The van der Waals surface area contributed by atoms with Gasteiger partial charge in [0.05, 0.1) is 12.6 Å². The first-order chi connectivity index (χ1) is 14.7. The molecule has 0 bridgehead atoms. The van der Waals surface area contributed by atoms with Crippen LogP contribution >= 0.6 is 11.3 Å². The molecule has 0 aliphatic heterocycles. The maximum atomic E-state index is 13.0. The number of unbranched alkanes of at least 4 members (excludes halogenated alkanes) is 1. The summed E-state index contributed by atoms with van der Waals surface area (Å²) < 4.78 is 0. The lowest BCUT2D eigenvalue weighted by molar-refractivity contribution is -0.123. The normalized spacial score (nSPS) is 17.1. The van der Waals surface area contributed by atoms with Crippen molar-refractivity contribution < 1.29 is 9.59 Å². The average Bonchev–Trinajstić information content (AvgIpc) is 3.26. The third kappa shape index (κ3) is 5.14. The number of rotatable bonds is 11. The number of benzene rings is 1. The van der Waals surface area contributed by atoms with E-state index in [-0.39, 0.29) is 11.7 Å². The van der Waals surface area contributed by atoms with Crippen molar-refractivity contribution in [3.63, 3.8) is 0 Å². The third-order valence-electron chi connectivity index (χ3n) is 6.08. The highest BCUT2D eigenvalue weighted by molar-refractivity contribution is 7.11. The second kappa shape index (κ2) is 9.81. The van der Waals surface area contributed by atoms with Crippen LogP contribution in [0, 0.1) is 0 Å². The molecule has 7 heteroatoms. The summed E-state index contributed by atoms with van der Waals surface area (Å²) in [6.45, 7) is 0.936. The van der Waals surface area contributed by atoms with Crippen molar-refractivity contribution in [1.29, 1.82) is 0 Å². The minimum Gasteiger partial charge on any atom is -0.345 e. The van der Waals surface area contributed by atoms with Crippen molar-refractivity contribution in [2.75, 3.05) is 13.1 Å². The van der Waals surface area contributed by atoms with Crippen LogP contribution in [0.2, 0.25) is 0 Å². The highest BCUT2D eigenvalue weighted by Crippen LogP contribution is 2.34. The number of nitrogens with one attached hydrogen (secondary N) is 1. The van der Waals surface area contributed by atoms with Crippen molar-refractivity contribution in [2.45, 2.75) is 63.1 Å². The Labute approximate surface area is 181 Å². The molecule has 6 nitrogen and oxygen atoms in total. The van der Waals surface area contributed by atoms with Gasteiger partial charge in [-0.25, -0.2) is 4.98 Å². The smallest absolute Gasteiger partial charge is 0.234 e. The van der Waals surface area contributed by atoms with Crippen LogP contribution in [-0.4, -0.2) is 52.8 Å². The topological polar surface area (TPSA) is 88.3 Å². The molecule has 2 aliphatic rings. The van der Waals surface area contributed by atoms with Crippen LogP contribution in [0.1, 0.15) is 53.0 Å². The Bertz CT molecular complexity index is 841. The predicted octanol–water partition coefficient (Wildman–Crippen LogP) is 2.57. The number of fused-ring (bicyclic) bond motifs is 1. The Morgan fingerprint density at radius 2 is 1.90 bits per heavy atom. The van der Waals surface area contributed by atoms with Crippen LogP contribution in [0.3, 0.4) is 0 Å². The van der Waals surface area contributed by atoms with E-state index in [4.69, 9.17) is 5.73 Å². The maximum Gasteiger partial charge on any atom is 0.234 e. The van der Waals surface area contributed by atoms with Gasteiger partial charge in [0, 0.05) is 23.7 Å². The minimum atomic E-state index is -0.531. The fourth-order valence-electron chi connectivity index (χ4n) is 4.39. The van der Waals surface area contributed by atoms with Crippen LogP contribution in [0.5, 0.6) is 0 Å². The Morgan fingerprint density at radius 3 is 2.50 bits per heavy atom.